The van der Waals surface area contributed by atoms with Crippen LogP contribution in [0.2, 0.25) is 0 Å². The molecule has 6 heteroatoms. The highest BCUT2D eigenvalue weighted by atomic mass is 32.2. The molecule has 0 spiro atoms. The number of hydrogen-bond donors (Lipinski definition) is 2. The van der Waals surface area contributed by atoms with Gasteiger partial charge in [0.25, 0.3) is 5.91 Å². The Hall–Kier alpha value is -2.52. The Labute approximate surface area is 140 Å². The van der Waals surface area contributed by atoms with E-state index in [9.17, 15) is 4.79 Å². The van der Waals surface area contributed by atoms with Gasteiger partial charge in [0.05, 0.1) is 17.2 Å². The molecule has 118 valence electrons. The third kappa shape index (κ3) is 5.01. The number of carbonyl (C=O) groups is 1. The number of carbonyl (C=O) groups excluding carboxylic acids is 1. The fraction of sp³-hybridized carbons (Fsp3) is 0.235. The number of nitriles is 1. The lowest BCUT2D eigenvalue weighted by atomic mass is 10.1. The Balaban J connectivity index is 1.72. The van der Waals surface area contributed by atoms with Crippen LogP contribution in [-0.2, 0) is 5.75 Å². The van der Waals surface area contributed by atoms with Crippen molar-refractivity contribution in [2.45, 2.75) is 5.75 Å². The van der Waals surface area contributed by atoms with E-state index in [1.807, 2.05) is 24.3 Å². The third-order valence-corrected chi connectivity index (χ3v) is 4.22. The molecule has 1 amide bonds. The van der Waals surface area contributed by atoms with E-state index in [4.69, 9.17) is 5.26 Å². The molecule has 23 heavy (non-hydrogen) atoms. The molecule has 5 nitrogen and oxygen atoms in total. The van der Waals surface area contributed by atoms with Crippen molar-refractivity contribution in [3.63, 3.8) is 0 Å². The topological polar surface area (TPSA) is 77.8 Å². The van der Waals surface area contributed by atoms with E-state index in [1.165, 1.54) is 0 Å². The van der Waals surface area contributed by atoms with Crippen molar-refractivity contribution in [3.8, 4) is 6.07 Å². The second-order valence-corrected chi connectivity index (χ2v) is 5.86. The van der Waals surface area contributed by atoms with E-state index in [0.29, 0.717) is 17.7 Å². The predicted octanol–water partition coefficient (Wildman–Crippen LogP) is 2.66. The number of amides is 1. The molecule has 1 aromatic heterocycles. The zero-order valence-corrected chi connectivity index (χ0v) is 13.7. The summed E-state index contributed by atoms with van der Waals surface area (Å²) in [7, 11) is 1.78. The maximum Gasteiger partial charge on any atom is 0.252 e. The van der Waals surface area contributed by atoms with Crippen LogP contribution in [0.25, 0.3) is 0 Å². The second kappa shape index (κ2) is 8.81. The number of rotatable bonds is 7. The Bertz CT molecular complexity index is 694. The molecule has 0 fully saturated rings. The highest BCUT2D eigenvalue weighted by Gasteiger charge is 2.05. The number of anilines is 1. The first kappa shape index (κ1) is 16.8. The minimum Gasteiger partial charge on any atom is -0.373 e. The number of thioether (sulfide) groups is 1. The molecular formula is C17H18N4OS. The summed E-state index contributed by atoms with van der Waals surface area (Å²) in [6.07, 6.45) is 1.55. The van der Waals surface area contributed by atoms with Gasteiger partial charge in [-0.05, 0) is 23.8 Å². The third-order valence-electron chi connectivity index (χ3n) is 3.21. The summed E-state index contributed by atoms with van der Waals surface area (Å²) < 4.78 is 0. The van der Waals surface area contributed by atoms with Crippen molar-refractivity contribution in [1.29, 1.82) is 5.26 Å². The monoisotopic (exact) mass is 326 g/mol. The van der Waals surface area contributed by atoms with Crippen molar-refractivity contribution in [1.82, 2.24) is 10.3 Å². The summed E-state index contributed by atoms with van der Waals surface area (Å²) in [6.45, 7) is 0.575. The van der Waals surface area contributed by atoms with E-state index < -0.39 is 0 Å². The van der Waals surface area contributed by atoms with Crippen LogP contribution in [-0.4, -0.2) is 30.2 Å². The molecule has 1 aromatic carbocycles. The van der Waals surface area contributed by atoms with Gasteiger partial charge in [-0.2, -0.15) is 17.0 Å². The largest absolute Gasteiger partial charge is 0.373 e. The maximum atomic E-state index is 12.0. The molecule has 0 aliphatic heterocycles. The molecule has 2 N–H and O–H groups in total. The lowest BCUT2D eigenvalue weighted by Gasteiger charge is -2.06. The fourth-order valence-corrected chi connectivity index (χ4v) is 2.81. The van der Waals surface area contributed by atoms with E-state index in [1.54, 1.807) is 37.1 Å². The van der Waals surface area contributed by atoms with Crippen LogP contribution < -0.4 is 10.6 Å². The zero-order chi connectivity index (χ0) is 16.5. The molecular weight excluding hydrogens is 308 g/mol. The van der Waals surface area contributed by atoms with E-state index in [2.05, 4.69) is 21.7 Å². The summed E-state index contributed by atoms with van der Waals surface area (Å²) in [5.41, 5.74) is 2.28. The molecule has 0 radical (unpaired) electrons. The van der Waals surface area contributed by atoms with Crippen molar-refractivity contribution in [2.24, 2.45) is 0 Å². The molecule has 0 bridgehead atoms. The van der Waals surface area contributed by atoms with E-state index in [0.717, 1.165) is 22.9 Å². The van der Waals surface area contributed by atoms with Crippen molar-refractivity contribution < 1.29 is 4.79 Å². The predicted molar refractivity (Wildman–Crippen MR) is 93.4 cm³/mol. The quantitative estimate of drug-likeness (QED) is 0.765. The number of nitrogens with one attached hydrogen (secondary N) is 2. The molecule has 0 aliphatic carbocycles. The van der Waals surface area contributed by atoms with Gasteiger partial charge >= 0.3 is 0 Å². The molecule has 0 aliphatic rings. The molecule has 0 saturated heterocycles. The van der Waals surface area contributed by atoms with Gasteiger partial charge in [0, 0.05) is 31.3 Å². The van der Waals surface area contributed by atoms with E-state index >= 15 is 0 Å². The van der Waals surface area contributed by atoms with Crippen LogP contribution in [0.5, 0.6) is 0 Å². The SMILES string of the molecule is CNc1ccc(C(=O)NCCSCc2ccccc2C#N)cn1. The van der Waals surface area contributed by atoms with Crippen LogP contribution >= 0.6 is 11.8 Å². The van der Waals surface area contributed by atoms with Crippen molar-refractivity contribution in [2.75, 3.05) is 24.7 Å². The molecule has 0 unspecified atom stereocenters. The molecule has 0 atom stereocenters. The molecule has 1 heterocycles. The highest BCUT2D eigenvalue weighted by Crippen LogP contribution is 2.15. The van der Waals surface area contributed by atoms with Gasteiger partial charge in [-0.15, -0.1) is 0 Å². The summed E-state index contributed by atoms with van der Waals surface area (Å²) >= 11 is 1.69. The van der Waals surface area contributed by atoms with E-state index in [-0.39, 0.29) is 5.91 Å². The lowest BCUT2D eigenvalue weighted by Crippen LogP contribution is -2.25. The Morgan fingerprint density at radius 2 is 2.13 bits per heavy atom. The standard InChI is InChI=1S/C17H18N4OS/c1-19-16-7-6-14(11-21-16)17(22)20-8-9-23-12-15-5-3-2-4-13(15)10-18/h2-7,11H,8-9,12H2,1H3,(H,19,21)(H,20,22). The van der Waals surface area contributed by atoms with Gasteiger partial charge in [0.15, 0.2) is 0 Å². The number of nitrogens with zero attached hydrogens (tertiary/aromatic N) is 2. The number of hydrogen-bond acceptors (Lipinski definition) is 5. The van der Waals surface area contributed by atoms with Crippen molar-refractivity contribution >= 4 is 23.5 Å². The maximum absolute atomic E-state index is 12.0. The minimum atomic E-state index is -0.127. The van der Waals surface area contributed by atoms with Gasteiger partial charge < -0.3 is 10.6 Å². The summed E-state index contributed by atoms with van der Waals surface area (Å²) in [4.78, 5) is 16.1. The van der Waals surface area contributed by atoms with Gasteiger partial charge in [0.1, 0.15) is 5.82 Å². The Morgan fingerprint density at radius 3 is 2.83 bits per heavy atom. The fourth-order valence-electron chi connectivity index (χ4n) is 1.95. The van der Waals surface area contributed by atoms with Gasteiger partial charge in [-0.1, -0.05) is 18.2 Å². The summed E-state index contributed by atoms with van der Waals surface area (Å²) in [5.74, 6) is 2.15. The Kier molecular flexibility index (Phi) is 6.45. The number of aromatic nitrogens is 1. The second-order valence-electron chi connectivity index (χ2n) is 4.76. The van der Waals surface area contributed by atoms with Crippen LogP contribution in [0.4, 0.5) is 5.82 Å². The van der Waals surface area contributed by atoms with Gasteiger partial charge in [-0.25, -0.2) is 4.98 Å². The normalized spacial score (nSPS) is 9.91. The molecule has 0 saturated carbocycles. The molecule has 2 aromatic rings. The van der Waals surface area contributed by atoms with Gasteiger partial charge in [0.2, 0.25) is 0 Å². The van der Waals surface area contributed by atoms with Gasteiger partial charge in [-0.3, -0.25) is 4.79 Å². The minimum absolute atomic E-state index is 0.127. The van der Waals surface area contributed by atoms with Crippen LogP contribution in [0, 0.1) is 11.3 Å². The Morgan fingerprint density at radius 1 is 1.30 bits per heavy atom. The average Bonchev–Trinajstić information content (AvgIpc) is 2.61. The highest BCUT2D eigenvalue weighted by molar-refractivity contribution is 7.98. The summed E-state index contributed by atoms with van der Waals surface area (Å²) in [5, 5.41) is 14.8. The summed E-state index contributed by atoms with van der Waals surface area (Å²) in [6, 6.07) is 13.3. The first-order valence-electron chi connectivity index (χ1n) is 7.22. The zero-order valence-electron chi connectivity index (χ0n) is 12.9. The lowest BCUT2D eigenvalue weighted by molar-refractivity contribution is 0.0956. The van der Waals surface area contributed by atoms with Crippen molar-refractivity contribution in [3.05, 3.63) is 59.3 Å². The molecule has 2 rings (SSSR count). The smallest absolute Gasteiger partial charge is 0.252 e. The van der Waals surface area contributed by atoms with Crippen LogP contribution in [0.3, 0.4) is 0 Å². The average molecular weight is 326 g/mol. The first-order valence-corrected chi connectivity index (χ1v) is 8.38. The number of benzene rings is 1. The van der Waals surface area contributed by atoms with Crippen LogP contribution in [0.15, 0.2) is 42.6 Å². The van der Waals surface area contributed by atoms with Crippen LogP contribution in [0.1, 0.15) is 21.5 Å². The number of pyridine rings is 1. The first-order chi connectivity index (χ1) is 11.2.